The van der Waals surface area contributed by atoms with Crippen LogP contribution in [-0.2, 0) is 4.74 Å². The summed E-state index contributed by atoms with van der Waals surface area (Å²) in [5.74, 6) is 0.269. The van der Waals surface area contributed by atoms with Gasteiger partial charge in [0.1, 0.15) is 6.10 Å². The van der Waals surface area contributed by atoms with Crippen molar-refractivity contribution in [3.63, 3.8) is 0 Å². The second-order valence-electron chi connectivity index (χ2n) is 4.16. The SMILES string of the molecule is CCOC(C(C)C)C(O)c1ccc(Cl)cc1. The first-order chi connectivity index (χ1) is 7.56. The van der Waals surface area contributed by atoms with Crippen LogP contribution in [0.25, 0.3) is 0 Å². The molecule has 0 aromatic heterocycles. The fourth-order valence-electron chi connectivity index (χ4n) is 1.69. The quantitative estimate of drug-likeness (QED) is 0.857. The van der Waals surface area contributed by atoms with Crippen molar-refractivity contribution < 1.29 is 9.84 Å². The number of ether oxygens (including phenoxy) is 1. The van der Waals surface area contributed by atoms with Crippen LogP contribution in [0.4, 0.5) is 0 Å². The highest BCUT2D eigenvalue weighted by molar-refractivity contribution is 6.30. The van der Waals surface area contributed by atoms with Gasteiger partial charge in [0.2, 0.25) is 0 Å². The van der Waals surface area contributed by atoms with E-state index in [4.69, 9.17) is 16.3 Å². The van der Waals surface area contributed by atoms with E-state index < -0.39 is 6.10 Å². The number of hydrogen-bond acceptors (Lipinski definition) is 2. The Bertz CT molecular complexity index is 308. The number of aliphatic hydroxyl groups is 1. The zero-order valence-corrected chi connectivity index (χ0v) is 10.7. The van der Waals surface area contributed by atoms with Gasteiger partial charge < -0.3 is 9.84 Å². The summed E-state index contributed by atoms with van der Waals surface area (Å²) in [7, 11) is 0. The van der Waals surface area contributed by atoms with Crippen LogP contribution in [0.5, 0.6) is 0 Å². The summed E-state index contributed by atoms with van der Waals surface area (Å²) in [4.78, 5) is 0. The molecule has 0 heterocycles. The molecule has 2 nitrogen and oxygen atoms in total. The van der Waals surface area contributed by atoms with Crippen molar-refractivity contribution in [2.24, 2.45) is 5.92 Å². The molecule has 0 amide bonds. The molecule has 0 aliphatic heterocycles. The molecular weight excluding hydrogens is 224 g/mol. The lowest BCUT2D eigenvalue weighted by Crippen LogP contribution is -2.27. The molecule has 3 heteroatoms. The largest absolute Gasteiger partial charge is 0.386 e. The van der Waals surface area contributed by atoms with Crippen molar-refractivity contribution in [2.75, 3.05) is 6.61 Å². The molecule has 1 N–H and O–H groups in total. The lowest BCUT2D eigenvalue weighted by Gasteiger charge is -2.26. The Hall–Kier alpha value is -0.570. The minimum Gasteiger partial charge on any atom is -0.386 e. The molecule has 90 valence electrons. The highest BCUT2D eigenvalue weighted by atomic mass is 35.5. The lowest BCUT2D eigenvalue weighted by atomic mass is 9.96. The number of hydrogen-bond donors (Lipinski definition) is 1. The minimum absolute atomic E-state index is 0.175. The summed E-state index contributed by atoms with van der Waals surface area (Å²) < 4.78 is 5.57. The van der Waals surface area contributed by atoms with Crippen LogP contribution in [-0.4, -0.2) is 17.8 Å². The van der Waals surface area contributed by atoms with Crippen molar-refractivity contribution in [1.29, 1.82) is 0 Å². The third kappa shape index (κ3) is 3.48. The second kappa shape index (κ2) is 6.24. The summed E-state index contributed by atoms with van der Waals surface area (Å²) in [5, 5.41) is 10.9. The van der Waals surface area contributed by atoms with Crippen molar-refractivity contribution in [2.45, 2.75) is 33.0 Å². The number of rotatable bonds is 5. The molecule has 0 spiro atoms. The molecular formula is C13H19ClO2. The molecule has 1 aromatic rings. The average Bonchev–Trinajstić information content (AvgIpc) is 2.25. The van der Waals surface area contributed by atoms with Gasteiger partial charge in [0.25, 0.3) is 0 Å². The van der Waals surface area contributed by atoms with Gasteiger partial charge in [0.15, 0.2) is 0 Å². The first-order valence-corrected chi connectivity index (χ1v) is 5.99. The van der Waals surface area contributed by atoms with Crippen molar-refractivity contribution in [3.8, 4) is 0 Å². The summed E-state index contributed by atoms with van der Waals surface area (Å²) >= 11 is 5.81. The first kappa shape index (κ1) is 13.5. The minimum atomic E-state index is -0.600. The Kier molecular flexibility index (Phi) is 5.26. The molecule has 0 saturated carbocycles. The Labute approximate surface area is 102 Å². The van der Waals surface area contributed by atoms with E-state index in [1.807, 2.05) is 32.9 Å². The van der Waals surface area contributed by atoms with Gasteiger partial charge in [-0.2, -0.15) is 0 Å². The van der Waals surface area contributed by atoms with E-state index in [9.17, 15) is 5.11 Å². The van der Waals surface area contributed by atoms with E-state index in [2.05, 4.69) is 0 Å². The molecule has 16 heavy (non-hydrogen) atoms. The predicted molar refractivity (Wildman–Crippen MR) is 66.7 cm³/mol. The van der Waals surface area contributed by atoms with Crippen LogP contribution in [0.15, 0.2) is 24.3 Å². The van der Waals surface area contributed by atoms with Gasteiger partial charge in [0.05, 0.1) is 6.10 Å². The molecule has 0 bridgehead atoms. The smallest absolute Gasteiger partial charge is 0.105 e. The van der Waals surface area contributed by atoms with Gasteiger partial charge in [-0.1, -0.05) is 37.6 Å². The fourth-order valence-corrected chi connectivity index (χ4v) is 1.82. The Morgan fingerprint density at radius 1 is 1.25 bits per heavy atom. The van der Waals surface area contributed by atoms with E-state index in [-0.39, 0.29) is 12.0 Å². The second-order valence-corrected chi connectivity index (χ2v) is 4.60. The molecule has 1 rings (SSSR count). The van der Waals surface area contributed by atoms with E-state index in [0.717, 1.165) is 5.56 Å². The van der Waals surface area contributed by atoms with E-state index >= 15 is 0 Å². The van der Waals surface area contributed by atoms with Crippen molar-refractivity contribution in [3.05, 3.63) is 34.9 Å². The summed E-state index contributed by atoms with van der Waals surface area (Å²) in [6.45, 7) is 6.62. The van der Waals surface area contributed by atoms with Gasteiger partial charge in [-0.25, -0.2) is 0 Å². The monoisotopic (exact) mass is 242 g/mol. The van der Waals surface area contributed by atoms with Gasteiger partial charge in [-0.05, 0) is 30.5 Å². The van der Waals surface area contributed by atoms with E-state index in [1.165, 1.54) is 0 Å². The van der Waals surface area contributed by atoms with Crippen LogP contribution in [0.3, 0.4) is 0 Å². The van der Waals surface area contributed by atoms with Gasteiger partial charge >= 0.3 is 0 Å². The zero-order chi connectivity index (χ0) is 12.1. The molecule has 1 aromatic carbocycles. The Morgan fingerprint density at radius 3 is 2.25 bits per heavy atom. The maximum atomic E-state index is 10.2. The third-order valence-corrected chi connectivity index (χ3v) is 2.79. The Morgan fingerprint density at radius 2 is 1.81 bits per heavy atom. The molecule has 0 aliphatic carbocycles. The van der Waals surface area contributed by atoms with Gasteiger partial charge in [-0.3, -0.25) is 0 Å². The molecule has 0 fully saturated rings. The van der Waals surface area contributed by atoms with Crippen LogP contribution in [0, 0.1) is 5.92 Å². The highest BCUT2D eigenvalue weighted by Crippen LogP contribution is 2.25. The zero-order valence-electron chi connectivity index (χ0n) is 9.98. The van der Waals surface area contributed by atoms with E-state index in [0.29, 0.717) is 11.6 Å². The predicted octanol–water partition coefficient (Wildman–Crippen LogP) is 3.43. The topological polar surface area (TPSA) is 29.5 Å². The third-order valence-electron chi connectivity index (χ3n) is 2.54. The number of aliphatic hydroxyl groups excluding tert-OH is 1. The van der Waals surface area contributed by atoms with Crippen LogP contribution < -0.4 is 0 Å². The summed E-state index contributed by atoms with van der Waals surface area (Å²) in [6, 6.07) is 7.23. The highest BCUT2D eigenvalue weighted by Gasteiger charge is 2.24. The van der Waals surface area contributed by atoms with Crippen LogP contribution in [0.1, 0.15) is 32.4 Å². The normalized spacial score (nSPS) is 15.1. The maximum Gasteiger partial charge on any atom is 0.105 e. The molecule has 0 radical (unpaired) electrons. The maximum absolute atomic E-state index is 10.2. The van der Waals surface area contributed by atoms with Gasteiger partial charge in [0, 0.05) is 11.6 Å². The van der Waals surface area contributed by atoms with Crippen LogP contribution in [0.2, 0.25) is 5.02 Å². The lowest BCUT2D eigenvalue weighted by molar-refractivity contribution is -0.0585. The molecule has 0 saturated heterocycles. The number of halogens is 1. The van der Waals surface area contributed by atoms with Crippen LogP contribution >= 0.6 is 11.6 Å². The molecule has 2 atom stereocenters. The van der Waals surface area contributed by atoms with Crippen molar-refractivity contribution >= 4 is 11.6 Å². The first-order valence-electron chi connectivity index (χ1n) is 5.61. The van der Waals surface area contributed by atoms with E-state index in [1.54, 1.807) is 12.1 Å². The average molecular weight is 243 g/mol. The summed E-state index contributed by atoms with van der Waals surface area (Å²) in [5.41, 5.74) is 0.844. The molecule has 0 aliphatic rings. The Balaban J connectivity index is 2.81. The standard InChI is InChI=1S/C13H19ClO2/c1-4-16-13(9(2)3)12(15)10-5-7-11(14)8-6-10/h5-9,12-13,15H,4H2,1-3H3. The number of benzene rings is 1. The van der Waals surface area contributed by atoms with Crippen molar-refractivity contribution in [1.82, 2.24) is 0 Å². The summed E-state index contributed by atoms with van der Waals surface area (Å²) in [6.07, 6.45) is -0.775. The van der Waals surface area contributed by atoms with Gasteiger partial charge in [-0.15, -0.1) is 0 Å². The molecule has 2 unspecified atom stereocenters. The fraction of sp³-hybridized carbons (Fsp3) is 0.538.